The molecule has 0 radical (unpaired) electrons. The summed E-state index contributed by atoms with van der Waals surface area (Å²) in [5, 5.41) is 3.31. The first kappa shape index (κ1) is 13.9. The predicted molar refractivity (Wildman–Crippen MR) is 74.4 cm³/mol. The van der Waals surface area contributed by atoms with Crippen LogP contribution < -0.4 is 5.32 Å². The van der Waals surface area contributed by atoms with Crippen LogP contribution in [0.5, 0.6) is 0 Å². The minimum Gasteiger partial charge on any atom is -0.341 e. The Balaban J connectivity index is 1.67. The second-order valence-corrected chi connectivity index (χ2v) is 6.55. The highest BCUT2D eigenvalue weighted by Crippen LogP contribution is 2.27. The maximum absolute atomic E-state index is 12.1. The van der Waals surface area contributed by atoms with E-state index in [9.17, 15) is 4.79 Å². The zero-order valence-corrected chi connectivity index (χ0v) is 12.0. The number of hydrogen-bond acceptors (Lipinski definition) is 2. The first-order valence-corrected chi connectivity index (χ1v) is 7.63. The second-order valence-electron chi connectivity index (χ2n) is 6.55. The molecule has 18 heavy (non-hydrogen) atoms. The van der Waals surface area contributed by atoms with Gasteiger partial charge in [0.05, 0.1) is 6.54 Å². The van der Waals surface area contributed by atoms with E-state index < -0.39 is 0 Å². The van der Waals surface area contributed by atoms with E-state index in [1.165, 1.54) is 32.1 Å². The molecule has 0 aromatic heterocycles. The third-order valence-corrected chi connectivity index (χ3v) is 4.08. The molecule has 1 amide bonds. The predicted octanol–water partition coefficient (Wildman–Crippen LogP) is 2.27. The Morgan fingerprint density at radius 2 is 2.06 bits per heavy atom. The lowest BCUT2D eigenvalue weighted by Gasteiger charge is -2.33. The van der Waals surface area contributed by atoms with Crippen LogP contribution in [0.3, 0.4) is 0 Å². The summed E-state index contributed by atoms with van der Waals surface area (Å²) in [6.45, 7) is 8.09. The fraction of sp³-hybridized carbons (Fsp3) is 0.933. The number of amides is 1. The maximum Gasteiger partial charge on any atom is 0.236 e. The third-order valence-electron chi connectivity index (χ3n) is 4.08. The van der Waals surface area contributed by atoms with Crippen LogP contribution in [-0.2, 0) is 4.79 Å². The van der Waals surface area contributed by atoms with Gasteiger partial charge in [0.1, 0.15) is 0 Å². The number of likely N-dealkylation sites (tertiary alicyclic amines) is 1. The monoisotopic (exact) mass is 252 g/mol. The summed E-state index contributed by atoms with van der Waals surface area (Å²) >= 11 is 0. The lowest BCUT2D eigenvalue weighted by Crippen LogP contribution is -2.44. The van der Waals surface area contributed by atoms with E-state index in [2.05, 4.69) is 24.1 Å². The van der Waals surface area contributed by atoms with Gasteiger partial charge in [0.25, 0.3) is 0 Å². The average molecular weight is 252 g/mol. The molecule has 0 spiro atoms. The summed E-state index contributed by atoms with van der Waals surface area (Å²) in [7, 11) is 0. The Labute approximate surface area is 111 Å². The van der Waals surface area contributed by atoms with Crippen molar-refractivity contribution in [1.82, 2.24) is 10.2 Å². The van der Waals surface area contributed by atoms with Gasteiger partial charge in [-0.25, -0.2) is 0 Å². The van der Waals surface area contributed by atoms with Gasteiger partial charge in [-0.1, -0.05) is 13.8 Å². The molecule has 1 aliphatic heterocycles. The van der Waals surface area contributed by atoms with E-state index in [1.807, 2.05) is 0 Å². The highest BCUT2D eigenvalue weighted by molar-refractivity contribution is 5.78. The van der Waals surface area contributed by atoms with E-state index in [4.69, 9.17) is 0 Å². The lowest BCUT2D eigenvalue weighted by molar-refractivity contribution is -0.132. The summed E-state index contributed by atoms with van der Waals surface area (Å²) in [5.74, 6) is 2.64. The molecule has 1 unspecified atom stereocenters. The zero-order chi connectivity index (χ0) is 13.0. The Morgan fingerprint density at radius 1 is 1.28 bits per heavy atom. The molecule has 1 saturated heterocycles. The summed E-state index contributed by atoms with van der Waals surface area (Å²) in [4.78, 5) is 14.2. The molecule has 1 N–H and O–H groups in total. The van der Waals surface area contributed by atoms with Gasteiger partial charge in [-0.05, 0) is 56.4 Å². The molecule has 1 heterocycles. The fourth-order valence-corrected chi connectivity index (χ4v) is 2.97. The Bertz CT molecular complexity index is 274. The molecular weight excluding hydrogens is 224 g/mol. The normalized spacial score (nSPS) is 24.6. The van der Waals surface area contributed by atoms with Crippen LogP contribution in [0.25, 0.3) is 0 Å². The standard InChI is InChI=1S/C15H28N2O/c1-12(2)8-14-4-3-7-17(11-14)15(18)10-16-9-13-5-6-13/h12-14,16H,3-11H2,1-2H3. The number of nitrogens with one attached hydrogen (secondary N) is 1. The Kier molecular flexibility index (Phi) is 5.04. The van der Waals surface area contributed by atoms with Crippen molar-refractivity contribution in [3.8, 4) is 0 Å². The van der Waals surface area contributed by atoms with E-state index in [1.54, 1.807) is 0 Å². The van der Waals surface area contributed by atoms with Crippen LogP contribution in [0.15, 0.2) is 0 Å². The van der Waals surface area contributed by atoms with Gasteiger partial charge < -0.3 is 10.2 Å². The van der Waals surface area contributed by atoms with Crippen molar-refractivity contribution in [2.24, 2.45) is 17.8 Å². The molecule has 2 aliphatic rings. The molecule has 0 aromatic carbocycles. The molecule has 0 bridgehead atoms. The van der Waals surface area contributed by atoms with Gasteiger partial charge in [0.2, 0.25) is 5.91 Å². The average Bonchev–Trinajstić information content (AvgIpc) is 3.12. The summed E-state index contributed by atoms with van der Waals surface area (Å²) in [6.07, 6.45) is 6.45. The van der Waals surface area contributed by atoms with Crippen LogP contribution in [0.2, 0.25) is 0 Å². The van der Waals surface area contributed by atoms with Gasteiger partial charge in [0.15, 0.2) is 0 Å². The highest BCUT2D eigenvalue weighted by Gasteiger charge is 2.25. The van der Waals surface area contributed by atoms with E-state index in [0.29, 0.717) is 12.5 Å². The minimum atomic E-state index is 0.309. The number of carbonyl (C=O) groups excluding carboxylic acids is 1. The van der Waals surface area contributed by atoms with Crippen molar-refractivity contribution >= 4 is 5.91 Å². The van der Waals surface area contributed by atoms with Crippen molar-refractivity contribution in [2.75, 3.05) is 26.2 Å². The van der Waals surface area contributed by atoms with Crippen molar-refractivity contribution < 1.29 is 4.79 Å². The molecule has 3 heteroatoms. The van der Waals surface area contributed by atoms with Crippen molar-refractivity contribution in [2.45, 2.75) is 46.0 Å². The van der Waals surface area contributed by atoms with Crippen LogP contribution in [0.4, 0.5) is 0 Å². The van der Waals surface area contributed by atoms with Crippen LogP contribution >= 0.6 is 0 Å². The Hall–Kier alpha value is -0.570. The summed E-state index contributed by atoms with van der Waals surface area (Å²) < 4.78 is 0. The smallest absolute Gasteiger partial charge is 0.236 e. The Morgan fingerprint density at radius 3 is 2.72 bits per heavy atom. The van der Waals surface area contributed by atoms with Crippen LogP contribution in [-0.4, -0.2) is 37.0 Å². The van der Waals surface area contributed by atoms with E-state index in [-0.39, 0.29) is 0 Å². The third kappa shape index (κ3) is 4.60. The zero-order valence-electron chi connectivity index (χ0n) is 12.0. The molecule has 104 valence electrons. The van der Waals surface area contributed by atoms with Crippen molar-refractivity contribution in [1.29, 1.82) is 0 Å². The summed E-state index contributed by atoms with van der Waals surface area (Å²) in [5.41, 5.74) is 0. The molecular formula is C15H28N2O. The van der Waals surface area contributed by atoms with Crippen LogP contribution in [0, 0.1) is 17.8 Å². The minimum absolute atomic E-state index is 0.309. The number of carbonyl (C=O) groups is 1. The largest absolute Gasteiger partial charge is 0.341 e. The molecule has 3 nitrogen and oxygen atoms in total. The van der Waals surface area contributed by atoms with E-state index >= 15 is 0 Å². The van der Waals surface area contributed by atoms with Gasteiger partial charge >= 0.3 is 0 Å². The van der Waals surface area contributed by atoms with Crippen molar-refractivity contribution in [3.05, 3.63) is 0 Å². The summed E-state index contributed by atoms with van der Waals surface area (Å²) in [6, 6.07) is 0. The topological polar surface area (TPSA) is 32.3 Å². The first-order chi connectivity index (χ1) is 8.65. The molecule has 2 rings (SSSR count). The number of nitrogens with zero attached hydrogens (tertiary/aromatic N) is 1. The number of piperidine rings is 1. The van der Waals surface area contributed by atoms with Gasteiger partial charge in [-0.3, -0.25) is 4.79 Å². The number of hydrogen-bond donors (Lipinski definition) is 1. The maximum atomic E-state index is 12.1. The number of rotatable bonds is 6. The SMILES string of the molecule is CC(C)CC1CCCN(C(=O)CNCC2CC2)C1. The molecule has 1 atom stereocenters. The van der Waals surface area contributed by atoms with Crippen LogP contribution in [0.1, 0.15) is 46.0 Å². The fourth-order valence-electron chi connectivity index (χ4n) is 2.97. The first-order valence-electron chi connectivity index (χ1n) is 7.63. The molecule has 1 saturated carbocycles. The second kappa shape index (κ2) is 6.55. The molecule has 1 aliphatic carbocycles. The molecule has 0 aromatic rings. The molecule has 2 fully saturated rings. The van der Waals surface area contributed by atoms with Gasteiger partial charge in [0, 0.05) is 13.1 Å². The van der Waals surface area contributed by atoms with E-state index in [0.717, 1.165) is 37.4 Å². The lowest BCUT2D eigenvalue weighted by atomic mass is 9.90. The van der Waals surface area contributed by atoms with Gasteiger partial charge in [-0.2, -0.15) is 0 Å². The van der Waals surface area contributed by atoms with Crippen molar-refractivity contribution in [3.63, 3.8) is 0 Å². The highest BCUT2D eigenvalue weighted by atomic mass is 16.2. The van der Waals surface area contributed by atoms with Gasteiger partial charge in [-0.15, -0.1) is 0 Å². The quantitative estimate of drug-likeness (QED) is 0.786.